The monoisotopic (exact) mass is 550 g/mol. The number of benzene rings is 1. The number of rotatable bonds is 6. The van der Waals surface area contributed by atoms with Gasteiger partial charge >= 0.3 is 6.36 Å². The van der Waals surface area contributed by atoms with Gasteiger partial charge in [-0.15, -0.1) is 25.6 Å². The molecule has 2 fully saturated rings. The molecule has 1 aromatic carbocycles. The largest absolute Gasteiger partial charge is 0.573 e. The summed E-state index contributed by atoms with van der Waals surface area (Å²) in [6.45, 7) is 1.56. The van der Waals surface area contributed by atoms with Crippen LogP contribution in [0, 0.1) is 5.82 Å². The number of nitrogens with zero attached hydrogens (tertiary/aromatic N) is 4. The van der Waals surface area contributed by atoms with Crippen molar-refractivity contribution in [2.45, 2.75) is 37.7 Å². The van der Waals surface area contributed by atoms with Gasteiger partial charge in [0.1, 0.15) is 11.9 Å². The smallest absolute Gasteiger partial charge is 0.412 e. The van der Waals surface area contributed by atoms with Crippen LogP contribution >= 0.6 is 23.7 Å². The van der Waals surface area contributed by atoms with E-state index in [1.165, 1.54) is 17.4 Å². The number of piperazine rings is 1. The summed E-state index contributed by atoms with van der Waals surface area (Å²) in [5, 5.41) is 6.60. The standard InChI is InChI=1S/C21H20F4N6O2S.ClH.H2O/c22-13-7-11(1-4-15(13)33-21(23,24)25)8-28-19(32)14-10-31(6-5-26-14)20-30-18-16(34-20)9-27-17(29-18)12-2-3-12;;/h1,4,7,9,12,14,26H,2-3,5-6,8,10H2,(H,28,32);1H;1H2/t14-;;/m1../s1. The molecule has 1 saturated heterocycles. The first-order chi connectivity index (χ1) is 16.2. The van der Waals surface area contributed by atoms with Gasteiger partial charge in [0.2, 0.25) is 5.91 Å². The van der Waals surface area contributed by atoms with Crippen LogP contribution < -0.4 is 20.3 Å². The number of carbonyl (C=O) groups excluding carboxylic acids is 1. The first-order valence-corrected chi connectivity index (χ1v) is 11.5. The quantitative estimate of drug-likeness (QED) is 0.452. The lowest BCUT2D eigenvalue weighted by atomic mass is 10.1. The van der Waals surface area contributed by atoms with Gasteiger partial charge in [0.25, 0.3) is 0 Å². The molecular formula is C21H23ClF4N6O3S. The van der Waals surface area contributed by atoms with Gasteiger partial charge in [-0.3, -0.25) is 4.79 Å². The van der Waals surface area contributed by atoms with Gasteiger partial charge in [-0.25, -0.2) is 14.4 Å². The number of anilines is 1. The molecule has 1 aliphatic carbocycles. The molecule has 1 atom stereocenters. The number of carbonyl (C=O) groups is 1. The van der Waals surface area contributed by atoms with Crippen LogP contribution in [-0.2, 0) is 11.3 Å². The van der Waals surface area contributed by atoms with E-state index in [9.17, 15) is 22.4 Å². The third-order valence-corrected chi connectivity index (χ3v) is 6.59. The van der Waals surface area contributed by atoms with Gasteiger partial charge < -0.3 is 25.7 Å². The third kappa shape index (κ3) is 6.49. The average Bonchev–Trinajstić information content (AvgIpc) is 3.56. The zero-order chi connectivity index (χ0) is 23.9. The Morgan fingerprint density at radius 3 is 2.75 bits per heavy atom. The zero-order valence-corrected chi connectivity index (χ0v) is 20.3. The van der Waals surface area contributed by atoms with Crippen LogP contribution in [0.15, 0.2) is 24.4 Å². The van der Waals surface area contributed by atoms with Crippen molar-refractivity contribution in [1.29, 1.82) is 0 Å². The minimum atomic E-state index is -4.98. The molecule has 2 aliphatic rings. The zero-order valence-electron chi connectivity index (χ0n) is 18.6. The lowest BCUT2D eigenvalue weighted by Gasteiger charge is -2.32. The number of hydrogen-bond acceptors (Lipinski definition) is 8. The fourth-order valence-electron chi connectivity index (χ4n) is 3.69. The van der Waals surface area contributed by atoms with E-state index in [-0.39, 0.29) is 30.3 Å². The number of aromatic nitrogens is 3. The number of nitrogens with one attached hydrogen (secondary N) is 2. The number of thiazole rings is 1. The summed E-state index contributed by atoms with van der Waals surface area (Å²) in [5.41, 5.74) is 0.973. The van der Waals surface area contributed by atoms with Crippen molar-refractivity contribution in [1.82, 2.24) is 25.6 Å². The first-order valence-electron chi connectivity index (χ1n) is 10.7. The predicted octanol–water partition coefficient (Wildman–Crippen LogP) is 2.69. The topological polar surface area (TPSA) is 124 Å². The van der Waals surface area contributed by atoms with E-state index in [1.807, 2.05) is 4.90 Å². The summed E-state index contributed by atoms with van der Waals surface area (Å²) in [7, 11) is 0. The van der Waals surface area contributed by atoms with Crippen LogP contribution in [0.3, 0.4) is 0 Å². The second-order valence-corrected chi connectivity index (χ2v) is 9.18. The average molecular weight is 551 g/mol. The predicted molar refractivity (Wildman–Crippen MR) is 127 cm³/mol. The maximum Gasteiger partial charge on any atom is 0.573 e. The van der Waals surface area contributed by atoms with Crippen molar-refractivity contribution in [3.05, 3.63) is 41.6 Å². The van der Waals surface area contributed by atoms with Crippen LogP contribution in [0.4, 0.5) is 22.7 Å². The highest BCUT2D eigenvalue weighted by Crippen LogP contribution is 2.39. The van der Waals surface area contributed by atoms with Gasteiger partial charge in [-0.05, 0) is 30.5 Å². The van der Waals surface area contributed by atoms with E-state index < -0.39 is 24.0 Å². The van der Waals surface area contributed by atoms with Crippen LogP contribution in [0.5, 0.6) is 5.75 Å². The second-order valence-electron chi connectivity index (χ2n) is 8.17. The van der Waals surface area contributed by atoms with Crippen LogP contribution in [-0.4, -0.2) is 58.4 Å². The molecule has 196 valence electrons. The molecule has 1 aliphatic heterocycles. The summed E-state index contributed by atoms with van der Waals surface area (Å²) >= 11 is 1.47. The Balaban J connectivity index is 0.00000180. The Labute approximate surface area is 213 Å². The molecule has 3 aromatic rings. The Hall–Kier alpha value is -2.81. The molecule has 1 amide bonds. The lowest BCUT2D eigenvalue weighted by molar-refractivity contribution is -0.275. The van der Waals surface area contributed by atoms with Crippen molar-refractivity contribution in [3.8, 4) is 5.75 Å². The molecule has 5 rings (SSSR count). The molecule has 4 N–H and O–H groups in total. The van der Waals surface area contributed by atoms with Gasteiger partial charge in [-0.2, -0.15) is 4.98 Å². The number of halogens is 5. The second kappa shape index (κ2) is 11.1. The normalized spacial score (nSPS) is 17.8. The van der Waals surface area contributed by atoms with Crippen LogP contribution in [0.2, 0.25) is 0 Å². The third-order valence-electron chi connectivity index (χ3n) is 5.55. The van der Waals surface area contributed by atoms with Gasteiger partial charge in [0, 0.05) is 32.1 Å². The van der Waals surface area contributed by atoms with Crippen molar-refractivity contribution in [2.24, 2.45) is 0 Å². The van der Waals surface area contributed by atoms with Crippen LogP contribution in [0.1, 0.15) is 30.1 Å². The molecule has 0 spiro atoms. The molecule has 2 aromatic heterocycles. The Kier molecular flexibility index (Phi) is 8.54. The molecule has 1 saturated carbocycles. The number of amides is 1. The van der Waals surface area contributed by atoms with E-state index >= 15 is 0 Å². The van der Waals surface area contributed by atoms with Crippen molar-refractivity contribution in [3.63, 3.8) is 0 Å². The Morgan fingerprint density at radius 2 is 2.06 bits per heavy atom. The Morgan fingerprint density at radius 1 is 1.28 bits per heavy atom. The summed E-state index contributed by atoms with van der Waals surface area (Å²) in [6, 6.07) is 2.52. The maximum atomic E-state index is 13.9. The van der Waals surface area contributed by atoms with Crippen molar-refractivity contribution >= 4 is 45.1 Å². The number of hydrogen-bond donors (Lipinski definition) is 2. The Bertz CT molecular complexity index is 1230. The molecule has 15 heteroatoms. The summed E-state index contributed by atoms with van der Waals surface area (Å²) < 4.78 is 55.2. The SMILES string of the molecule is Cl.O.O=C(NCc1ccc(OC(F)(F)F)c(F)c1)[C@H]1CN(c2nc3nc(C4CC4)ncc3s2)CCN1. The summed E-state index contributed by atoms with van der Waals surface area (Å²) in [4.78, 5) is 28.3. The summed E-state index contributed by atoms with van der Waals surface area (Å²) in [6.07, 6.45) is -0.970. The highest BCUT2D eigenvalue weighted by molar-refractivity contribution is 7.22. The van der Waals surface area contributed by atoms with Gasteiger partial charge in [-0.1, -0.05) is 17.4 Å². The van der Waals surface area contributed by atoms with Crippen molar-refractivity contribution < 1.29 is 32.6 Å². The molecular weight excluding hydrogens is 528 g/mol. The number of ether oxygens (including phenoxy) is 1. The van der Waals surface area contributed by atoms with Gasteiger partial charge in [0.15, 0.2) is 22.3 Å². The fourth-order valence-corrected chi connectivity index (χ4v) is 4.60. The summed E-state index contributed by atoms with van der Waals surface area (Å²) in [5.74, 6) is -1.12. The molecule has 0 unspecified atom stereocenters. The van der Waals surface area contributed by atoms with Crippen molar-refractivity contribution in [2.75, 3.05) is 24.5 Å². The van der Waals surface area contributed by atoms with E-state index in [0.717, 1.165) is 40.6 Å². The highest BCUT2D eigenvalue weighted by Gasteiger charge is 2.32. The maximum absolute atomic E-state index is 13.9. The van der Waals surface area contributed by atoms with E-state index in [4.69, 9.17) is 0 Å². The fraction of sp³-hybridized carbons (Fsp3) is 0.429. The van der Waals surface area contributed by atoms with E-state index in [0.29, 0.717) is 36.8 Å². The van der Waals surface area contributed by atoms with Gasteiger partial charge in [0.05, 0.1) is 10.9 Å². The highest BCUT2D eigenvalue weighted by atomic mass is 35.5. The van der Waals surface area contributed by atoms with Crippen LogP contribution in [0.25, 0.3) is 10.3 Å². The molecule has 0 radical (unpaired) electrons. The van der Waals surface area contributed by atoms with E-state index in [1.54, 1.807) is 6.20 Å². The minimum Gasteiger partial charge on any atom is -0.412 e. The van der Waals surface area contributed by atoms with E-state index in [2.05, 4.69) is 30.3 Å². The number of alkyl halides is 3. The lowest BCUT2D eigenvalue weighted by Crippen LogP contribution is -2.57. The minimum absolute atomic E-state index is 0. The first kappa shape index (κ1) is 27.8. The molecule has 36 heavy (non-hydrogen) atoms. The molecule has 0 bridgehead atoms. The number of fused-ring (bicyclic) bond motifs is 1. The molecule has 3 heterocycles. The molecule has 9 nitrogen and oxygen atoms in total.